The van der Waals surface area contributed by atoms with Crippen LogP contribution in [0, 0.1) is 0 Å². The zero-order chi connectivity index (χ0) is 17.5. The summed E-state index contributed by atoms with van der Waals surface area (Å²) in [6.07, 6.45) is 3.35. The Bertz CT molecular complexity index is 755. The normalized spacial score (nSPS) is 15.4. The molecular weight excluding hydrogens is 380 g/mol. The number of hydrogen-bond acceptors (Lipinski definition) is 3. The first-order valence-corrected chi connectivity index (χ1v) is 9.13. The van der Waals surface area contributed by atoms with Gasteiger partial charge in [-0.1, -0.05) is 46.3 Å². The maximum absolute atomic E-state index is 12.2. The van der Waals surface area contributed by atoms with E-state index in [1.807, 2.05) is 42.5 Å². The Hall–Kier alpha value is -1.95. The quantitative estimate of drug-likeness (QED) is 0.772. The van der Waals surface area contributed by atoms with E-state index < -0.39 is 0 Å². The summed E-state index contributed by atoms with van der Waals surface area (Å²) in [7, 11) is 0. The van der Waals surface area contributed by atoms with E-state index in [4.69, 9.17) is 4.74 Å². The monoisotopic (exact) mass is 400 g/mol. The largest absolute Gasteiger partial charge is 0.379 e. The molecule has 0 saturated carbocycles. The maximum atomic E-state index is 12.2. The van der Waals surface area contributed by atoms with E-state index in [2.05, 4.69) is 32.2 Å². The molecule has 0 radical (unpaired) electrons. The van der Waals surface area contributed by atoms with Gasteiger partial charge in [0, 0.05) is 35.9 Å². The standard InChI is InChI=1S/C20H21BrN2O2/c21-19-7-2-1-5-17(19)8-9-20(24)22-18-6-3-4-16(14-18)15-23-10-12-25-13-11-23/h1-9,14H,10-13,15H2,(H,22,24)/b9-8-. The zero-order valence-electron chi connectivity index (χ0n) is 14.0. The fourth-order valence-corrected chi connectivity index (χ4v) is 3.14. The number of carbonyl (C=O) groups excluding carboxylic acids is 1. The second kappa shape index (κ2) is 8.94. The number of amides is 1. The summed E-state index contributed by atoms with van der Waals surface area (Å²) in [5, 5.41) is 2.93. The third-order valence-corrected chi connectivity index (χ3v) is 4.75. The number of anilines is 1. The van der Waals surface area contributed by atoms with Gasteiger partial charge in [-0.05, 0) is 35.4 Å². The Kier molecular flexibility index (Phi) is 6.39. The number of morpholine rings is 1. The highest BCUT2D eigenvalue weighted by Crippen LogP contribution is 2.17. The van der Waals surface area contributed by atoms with Crippen LogP contribution in [-0.4, -0.2) is 37.1 Å². The highest BCUT2D eigenvalue weighted by Gasteiger charge is 2.11. The van der Waals surface area contributed by atoms with Crippen LogP contribution in [0.5, 0.6) is 0 Å². The molecule has 1 amide bonds. The van der Waals surface area contributed by atoms with E-state index in [0.29, 0.717) is 0 Å². The van der Waals surface area contributed by atoms with Gasteiger partial charge in [0.05, 0.1) is 13.2 Å². The Balaban J connectivity index is 1.59. The lowest BCUT2D eigenvalue weighted by molar-refractivity contribution is -0.111. The highest BCUT2D eigenvalue weighted by molar-refractivity contribution is 9.10. The summed E-state index contributed by atoms with van der Waals surface area (Å²) >= 11 is 3.47. The summed E-state index contributed by atoms with van der Waals surface area (Å²) in [4.78, 5) is 14.5. The van der Waals surface area contributed by atoms with Crippen LogP contribution < -0.4 is 5.32 Å². The second-order valence-corrected chi connectivity index (χ2v) is 6.79. The third-order valence-electron chi connectivity index (χ3n) is 4.02. The van der Waals surface area contributed by atoms with Crippen LogP contribution in [0.15, 0.2) is 59.1 Å². The van der Waals surface area contributed by atoms with E-state index in [0.717, 1.165) is 48.6 Å². The van der Waals surface area contributed by atoms with E-state index in [1.165, 1.54) is 5.56 Å². The molecule has 2 aromatic carbocycles. The maximum Gasteiger partial charge on any atom is 0.248 e. The van der Waals surface area contributed by atoms with Gasteiger partial charge in [0.25, 0.3) is 0 Å². The third kappa shape index (κ3) is 5.53. The summed E-state index contributed by atoms with van der Waals surface area (Å²) < 4.78 is 6.34. The van der Waals surface area contributed by atoms with Crippen molar-refractivity contribution in [1.82, 2.24) is 4.90 Å². The minimum absolute atomic E-state index is 0.140. The summed E-state index contributed by atoms with van der Waals surface area (Å²) in [6.45, 7) is 4.35. The van der Waals surface area contributed by atoms with Crippen molar-refractivity contribution in [2.24, 2.45) is 0 Å². The van der Waals surface area contributed by atoms with Crippen molar-refractivity contribution in [2.75, 3.05) is 31.6 Å². The predicted molar refractivity (Wildman–Crippen MR) is 104 cm³/mol. The number of ether oxygens (including phenoxy) is 1. The summed E-state index contributed by atoms with van der Waals surface area (Å²) in [6, 6.07) is 15.8. The second-order valence-electron chi connectivity index (χ2n) is 5.93. The van der Waals surface area contributed by atoms with Crippen LogP contribution >= 0.6 is 15.9 Å². The number of carbonyl (C=O) groups is 1. The summed E-state index contributed by atoms with van der Waals surface area (Å²) in [5.74, 6) is -0.140. The number of nitrogens with zero attached hydrogens (tertiary/aromatic N) is 1. The van der Waals surface area contributed by atoms with Crippen molar-refractivity contribution in [2.45, 2.75) is 6.54 Å². The van der Waals surface area contributed by atoms with Gasteiger partial charge >= 0.3 is 0 Å². The molecule has 0 unspecified atom stereocenters. The Morgan fingerprint density at radius 3 is 2.76 bits per heavy atom. The summed E-state index contributed by atoms with van der Waals surface area (Å²) in [5.41, 5.74) is 2.97. The molecule has 0 atom stereocenters. The van der Waals surface area contributed by atoms with Crippen LogP contribution in [-0.2, 0) is 16.1 Å². The molecule has 0 aliphatic carbocycles. The van der Waals surface area contributed by atoms with Gasteiger partial charge in [-0.15, -0.1) is 0 Å². The van der Waals surface area contributed by atoms with Crippen molar-refractivity contribution in [1.29, 1.82) is 0 Å². The first-order chi connectivity index (χ1) is 12.2. The van der Waals surface area contributed by atoms with Crippen LogP contribution in [0.2, 0.25) is 0 Å². The lowest BCUT2D eigenvalue weighted by Crippen LogP contribution is -2.35. The zero-order valence-corrected chi connectivity index (χ0v) is 15.5. The molecule has 1 heterocycles. The van der Waals surface area contributed by atoms with Crippen LogP contribution in [0.3, 0.4) is 0 Å². The smallest absolute Gasteiger partial charge is 0.248 e. The fraction of sp³-hybridized carbons (Fsp3) is 0.250. The number of nitrogens with one attached hydrogen (secondary N) is 1. The van der Waals surface area contributed by atoms with Crippen molar-refractivity contribution < 1.29 is 9.53 Å². The minimum Gasteiger partial charge on any atom is -0.379 e. The van der Waals surface area contributed by atoms with Crippen molar-refractivity contribution in [3.63, 3.8) is 0 Å². The number of halogens is 1. The van der Waals surface area contributed by atoms with Crippen LogP contribution in [0.1, 0.15) is 11.1 Å². The molecule has 1 fully saturated rings. The molecule has 1 saturated heterocycles. The SMILES string of the molecule is O=C(/C=C\c1ccccc1Br)Nc1cccc(CN2CCOCC2)c1. The van der Waals surface area contributed by atoms with Crippen LogP contribution in [0.25, 0.3) is 6.08 Å². The molecule has 1 aliphatic heterocycles. The van der Waals surface area contributed by atoms with Gasteiger partial charge in [0.2, 0.25) is 5.91 Å². The van der Waals surface area contributed by atoms with Crippen molar-refractivity contribution in [3.05, 3.63) is 70.2 Å². The molecule has 1 N–H and O–H groups in total. The van der Waals surface area contributed by atoms with Gasteiger partial charge in [-0.25, -0.2) is 0 Å². The van der Waals surface area contributed by atoms with E-state index in [1.54, 1.807) is 12.2 Å². The lowest BCUT2D eigenvalue weighted by atomic mass is 10.1. The van der Waals surface area contributed by atoms with Crippen LogP contribution in [0.4, 0.5) is 5.69 Å². The Morgan fingerprint density at radius 1 is 1.16 bits per heavy atom. The van der Waals surface area contributed by atoms with Gasteiger partial charge < -0.3 is 10.1 Å². The first-order valence-electron chi connectivity index (χ1n) is 8.33. The average Bonchev–Trinajstić information content (AvgIpc) is 2.62. The molecule has 2 aromatic rings. The predicted octanol–water partition coefficient (Wildman–Crippen LogP) is 3.93. The molecule has 0 aromatic heterocycles. The van der Waals surface area contributed by atoms with Crippen molar-refractivity contribution >= 4 is 33.6 Å². The van der Waals surface area contributed by atoms with E-state index in [9.17, 15) is 4.79 Å². The van der Waals surface area contributed by atoms with E-state index >= 15 is 0 Å². The lowest BCUT2D eigenvalue weighted by Gasteiger charge is -2.26. The average molecular weight is 401 g/mol. The molecule has 5 heteroatoms. The first kappa shape index (κ1) is 17.9. The molecular formula is C20H21BrN2O2. The van der Waals surface area contributed by atoms with E-state index in [-0.39, 0.29) is 5.91 Å². The van der Waals surface area contributed by atoms with Gasteiger partial charge in [-0.2, -0.15) is 0 Å². The highest BCUT2D eigenvalue weighted by atomic mass is 79.9. The minimum atomic E-state index is -0.140. The molecule has 0 bridgehead atoms. The Morgan fingerprint density at radius 2 is 1.96 bits per heavy atom. The molecule has 1 aliphatic rings. The van der Waals surface area contributed by atoms with Gasteiger partial charge in [0.1, 0.15) is 0 Å². The topological polar surface area (TPSA) is 41.6 Å². The molecule has 4 nitrogen and oxygen atoms in total. The molecule has 0 spiro atoms. The van der Waals surface area contributed by atoms with Gasteiger partial charge in [-0.3, -0.25) is 9.69 Å². The van der Waals surface area contributed by atoms with Crippen molar-refractivity contribution in [3.8, 4) is 0 Å². The molecule has 130 valence electrons. The molecule has 25 heavy (non-hydrogen) atoms. The Labute approximate surface area is 156 Å². The number of hydrogen-bond donors (Lipinski definition) is 1. The molecule has 3 rings (SSSR count). The fourth-order valence-electron chi connectivity index (χ4n) is 2.72. The number of rotatable bonds is 5. The number of benzene rings is 2. The van der Waals surface area contributed by atoms with Gasteiger partial charge in [0.15, 0.2) is 0 Å².